The highest BCUT2D eigenvalue weighted by Crippen LogP contribution is 2.35. The molecule has 3 rings (SSSR count). The highest BCUT2D eigenvalue weighted by Gasteiger charge is 2.52. The number of benzene rings is 2. The topological polar surface area (TPSA) is 135 Å². The second-order valence-electron chi connectivity index (χ2n) is 7.62. The molecule has 1 fully saturated rings. The summed E-state index contributed by atoms with van der Waals surface area (Å²) in [5.74, 6) is 0.186. The van der Waals surface area contributed by atoms with Crippen LogP contribution in [0.5, 0.6) is 11.5 Å². The Kier molecular flexibility index (Phi) is 8.28. The van der Waals surface area contributed by atoms with E-state index in [2.05, 4.69) is 6.07 Å². The maximum atomic E-state index is 13.2. The van der Waals surface area contributed by atoms with Crippen molar-refractivity contribution in [2.24, 2.45) is 0 Å². The van der Waals surface area contributed by atoms with Gasteiger partial charge in [-0.3, -0.25) is 10.0 Å². The molecule has 1 amide bonds. The van der Waals surface area contributed by atoms with E-state index in [4.69, 9.17) is 19.4 Å². The molecule has 2 aromatic rings. The Bertz CT molecular complexity index is 1160. The zero-order chi connectivity index (χ0) is 24.6. The van der Waals surface area contributed by atoms with Gasteiger partial charge in [0.1, 0.15) is 11.5 Å². The molecule has 1 heterocycles. The average Bonchev–Trinajstić information content (AvgIpc) is 2.89. The number of carbonyl (C=O) groups is 1. The number of methoxy groups -OCH3 is 1. The van der Waals surface area contributed by atoms with Gasteiger partial charge in [-0.1, -0.05) is 6.08 Å². The van der Waals surface area contributed by atoms with Gasteiger partial charge >= 0.3 is 0 Å². The molecule has 0 aromatic heterocycles. The van der Waals surface area contributed by atoms with Crippen molar-refractivity contribution in [3.63, 3.8) is 0 Å². The molecule has 34 heavy (non-hydrogen) atoms. The number of carbonyl (C=O) groups excluding carboxylic acids is 1. The molecule has 180 valence electrons. The molecule has 2 aromatic carbocycles. The van der Waals surface area contributed by atoms with Crippen LogP contribution in [0.1, 0.15) is 24.8 Å². The van der Waals surface area contributed by atoms with Gasteiger partial charge < -0.3 is 14.2 Å². The second-order valence-corrected chi connectivity index (χ2v) is 9.88. The Morgan fingerprint density at radius 1 is 1.15 bits per heavy atom. The summed E-state index contributed by atoms with van der Waals surface area (Å²) in [7, 11) is -2.52. The van der Waals surface area contributed by atoms with Crippen LogP contribution in [0, 0.1) is 11.3 Å². The van der Waals surface area contributed by atoms with Crippen LogP contribution < -0.4 is 15.0 Å². The monoisotopic (exact) mass is 486 g/mol. The highest BCUT2D eigenvalue weighted by molar-refractivity contribution is 7.93. The third-order valence-corrected chi connectivity index (χ3v) is 8.24. The summed E-state index contributed by atoms with van der Waals surface area (Å²) in [4.78, 5) is 12.3. The average molecular weight is 487 g/mol. The van der Waals surface area contributed by atoms with Gasteiger partial charge in [0.25, 0.3) is 5.91 Å². The molecule has 1 saturated heterocycles. The predicted molar refractivity (Wildman–Crippen MR) is 123 cm³/mol. The molecular formula is C24H26N2O7S. The molecule has 0 unspecified atom stereocenters. The first-order valence-electron chi connectivity index (χ1n) is 10.6. The number of sulfone groups is 1. The maximum Gasteiger partial charge on any atom is 0.265 e. The van der Waals surface area contributed by atoms with Crippen LogP contribution >= 0.6 is 0 Å². The van der Waals surface area contributed by atoms with Gasteiger partial charge in [-0.05, 0) is 66.9 Å². The zero-order valence-electron chi connectivity index (χ0n) is 18.7. The highest BCUT2D eigenvalue weighted by atomic mass is 32.2. The molecule has 0 radical (unpaired) electrons. The number of nitriles is 1. The maximum absolute atomic E-state index is 13.2. The quantitative estimate of drug-likeness (QED) is 0.239. The summed E-state index contributed by atoms with van der Waals surface area (Å²) in [6.07, 6.45) is 2.13. The minimum Gasteiger partial charge on any atom is -0.497 e. The van der Waals surface area contributed by atoms with Gasteiger partial charge in [0.05, 0.1) is 30.3 Å². The minimum atomic E-state index is -4.09. The van der Waals surface area contributed by atoms with Crippen molar-refractivity contribution in [1.29, 1.82) is 5.26 Å². The molecule has 9 nitrogen and oxygen atoms in total. The SMILES string of the molecule is COc1ccc(/C(C#N)=C/CCOc2ccc(S(=O)(=O)C3(C(=O)NO)CCOCC3)cc2)cc1. The lowest BCUT2D eigenvalue weighted by Gasteiger charge is -2.34. The van der Waals surface area contributed by atoms with E-state index in [1.807, 2.05) is 0 Å². The third kappa shape index (κ3) is 5.22. The fraction of sp³-hybridized carbons (Fsp3) is 0.333. The second kappa shape index (κ2) is 11.2. The van der Waals surface area contributed by atoms with E-state index in [0.717, 1.165) is 5.56 Å². The summed E-state index contributed by atoms with van der Waals surface area (Å²) in [6, 6.07) is 15.1. The van der Waals surface area contributed by atoms with Crippen LogP contribution in [0.3, 0.4) is 0 Å². The normalized spacial score (nSPS) is 15.7. The molecule has 10 heteroatoms. The Balaban J connectivity index is 1.65. The number of hydrogen-bond donors (Lipinski definition) is 2. The Morgan fingerprint density at radius 3 is 2.32 bits per heavy atom. The van der Waals surface area contributed by atoms with E-state index in [-0.39, 0.29) is 37.6 Å². The lowest BCUT2D eigenvalue weighted by atomic mass is 9.98. The van der Waals surface area contributed by atoms with Crippen molar-refractivity contribution in [1.82, 2.24) is 5.48 Å². The van der Waals surface area contributed by atoms with E-state index >= 15 is 0 Å². The minimum absolute atomic E-state index is 0.0449. The Labute approximate surface area is 198 Å². The standard InChI is InChI=1S/C24H26N2O7S/c1-31-20-6-4-18(5-7-20)19(17-25)3-2-14-33-21-8-10-22(11-9-21)34(29,30)24(23(27)26-28)12-15-32-16-13-24/h3-11,28H,2,12-16H2,1H3,(H,26,27)/b19-3+. The van der Waals surface area contributed by atoms with Crippen LogP contribution in [-0.2, 0) is 19.4 Å². The number of ether oxygens (including phenoxy) is 3. The fourth-order valence-electron chi connectivity index (χ4n) is 3.74. The number of nitrogens with zero attached hydrogens (tertiary/aromatic N) is 1. The Hall–Kier alpha value is -3.39. The van der Waals surface area contributed by atoms with Crippen molar-refractivity contribution >= 4 is 21.3 Å². The van der Waals surface area contributed by atoms with Gasteiger partial charge in [0.2, 0.25) is 0 Å². The molecule has 0 atom stereocenters. The molecule has 0 bridgehead atoms. The summed E-state index contributed by atoms with van der Waals surface area (Å²) in [5.41, 5.74) is 2.78. The summed E-state index contributed by atoms with van der Waals surface area (Å²) >= 11 is 0. The summed E-state index contributed by atoms with van der Waals surface area (Å²) in [6.45, 7) is 0.479. The van der Waals surface area contributed by atoms with Crippen LogP contribution in [0.15, 0.2) is 59.5 Å². The van der Waals surface area contributed by atoms with Gasteiger partial charge in [-0.2, -0.15) is 5.26 Å². The van der Waals surface area contributed by atoms with E-state index in [9.17, 15) is 18.5 Å². The van der Waals surface area contributed by atoms with E-state index in [0.29, 0.717) is 23.5 Å². The number of hydrogen-bond acceptors (Lipinski definition) is 8. The first kappa shape index (κ1) is 25.2. The van der Waals surface area contributed by atoms with Gasteiger partial charge in [0, 0.05) is 19.6 Å². The molecule has 1 aliphatic rings. The lowest BCUT2D eigenvalue weighted by molar-refractivity contribution is -0.134. The number of amides is 1. The zero-order valence-corrected chi connectivity index (χ0v) is 19.5. The number of hydroxylamine groups is 1. The number of nitrogens with one attached hydrogen (secondary N) is 1. The first-order valence-corrected chi connectivity index (χ1v) is 12.1. The molecule has 0 saturated carbocycles. The van der Waals surface area contributed by atoms with E-state index < -0.39 is 20.5 Å². The summed E-state index contributed by atoms with van der Waals surface area (Å²) in [5, 5.41) is 18.5. The molecule has 2 N–H and O–H groups in total. The van der Waals surface area contributed by atoms with Crippen molar-refractivity contribution in [2.45, 2.75) is 28.9 Å². The van der Waals surface area contributed by atoms with Crippen LogP contribution in [-0.4, -0.2) is 51.2 Å². The molecular weight excluding hydrogens is 460 g/mol. The van der Waals surface area contributed by atoms with Crippen molar-refractivity contribution in [3.8, 4) is 17.6 Å². The van der Waals surface area contributed by atoms with Crippen LogP contribution in [0.4, 0.5) is 0 Å². The molecule has 0 aliphatic carbocycles. The fourth-order valence-corrected chi connectivity index (χ4v) is 5.68. The van der Waals surface area contributed by atoms with Gasteiger partial charge in [-0.15, -0.1) is 0 Å². The van der Waals surface area contributed by atoms with E-state index in [1.165, 1.54) is 29.7 Å². The summed E-state index contributed by atoms with van der Waals surface area (Å²) < 4.78 is 40.7. The van der Waals surface area contributed by atoms with Crippen molar-refractivity contribution < 1.29 is 32.6 Å². The Morgan fingerprint density at radius 2 is 1.76 bits per heavy atom. The smallest absolute Gasteiger partial charge is 0.265 e. The number of allylic oxidation sites excluding steroid dienone is 1. The lowest BCUT2D eigenvalue weighted by Crippen LogP contribution is -2.54. The largest absolute Gasteiger partial charge is 0.497 e. The van der Waals surface area contributed by atoms with Crippen LogP contribution in [0.25, 0.3) is 5.57 Å². The first-order chi connectivity index (χ1) is 16.4. The van der Waals surface area contributed by atoms with Crippen molar-refractivity contribution in [3.05, 3.63) is 60.2 Å². The molecule has 1 aliphatic heterocycles. The van der Waals surface area contributed by atoms with Crippen LogP contribution in [0.2, 0.25) is 0 Å². The van der Waals surface area contributed by atoms with Gasteiger partial charge in [0.15, 0.2) is 14.6 Å². The third-order valence-electron chi connectivity index (χ3n) is 5.72. The van der Waals surface area contributed by atoms with E-state index in [1.54, 1.807) is 37.5 Å². The predicted octanol–water partition coefficient (Wildman–Crippen LogP) is 2.90. The molecule has 0 spiro atoms. The van der Waals surface area contributed by atoms with Gasteiger partial charge in [-0.25, -0.2) is 13.9 Å². The number of rotatable bonds is 9. The van der Waals surface area contributed by atoms with Crippen molar-refractivity contribution in [2.75, 3.05) is 26.9 Å².